The number of esters is 3. The van der Waals surface area contributed by atoms with Crippen molar-refractivity contribution in [2.45, 2.75) is 239 Å². The summed E-state index contributed by atoms with van der Waals surface area (Å²) in [6, 6.07) is 0. The van der Waals surface area contributed by atoms with E-state index in [4.69, 9.17) is 14.2 Å². The molecule has 0 aliphatic carbocycles. The fourth-order valence-electron chi connectivity index (χ4n) is 6.93. The first-order valence-electron chi connectivity index (χ1n) is 26.2. The van der Waals surface area contributed by atoms with Crippen LogP contribution in [0.2, 0.25) is 0 Å². The molecule has 0 spiro atoms. The first-order valence-corrected chi connectivity index (χ1v) is 26.2. The lowest BCUT2D eigenvalue weighted by Crippen LogP contribution is -2.30. The Morgan fingerprint density at radius 3 is 1.03 bits per heavy atom. The van der Waals surface area contributed by atoms with Gasteiger partial charge >= 0.3 is 17.9 Å². The van der Waals surface area contributed by atoms with Crippen molar-refractivity contribution in [3.05, 3.63) is 97.2 Å². The topological polar surface area (TPSA) is 78.9 Å². The Morgan fingerprint density at radius 1 is 0.328 bits per heavy atom. The molecule has 0 aliphatic heterocycles. The summed E-state index contributed by atoms with van der Waals surface area (Å²) >= 11 is 0. The highest BCUT2D eigenvalue weighted by Crippen LogP contribution is 2.13. The standard InChI is InChI=1S/C58H96O6/c1-4-7-10-13-16-19-22-25-27-29-30-32-33-36-39-42-45-48-51-57(60)63-54-55(53-62-56(59)50-47-44-41-38-35-24-21-18-15-12-9-6-3)64-58(61)52-49-46-43-40-37-34-31-28-26-23-20-17-14-11-8-5-2/h8-9,11-12,17-18,20-21,26,28,30,32,34,37,43,46,55H,4-7,10,13-16,19,22-25,27,29,31,33,35-36,38-42,44-45,47-54H2,1-3H3/b11-8-,12-9-,20-17-,21-18-,28-26-,32-30-,37-34-,46-43-. The Labute approximate surface area is 394 Å². The minimum absolute atomic E-state index is 0.117. The number of carbonyl (C=O) groups excluding carboxylic acids is 3. The van der Waals surface area contributed by atoms with E-state index < -0.39 is 12.1 Å². The quantitative estimate of drug-likeness (QED) is 0.0262. The van der Waals surface area contributed by atoms with E-state index in [1.165, 1.54) is 70.6 Å². The molecule has 1 atom stereocenters. The molecule has 0 heterocycles. The van der Waals surface area contributed by atoms with Crippen LogP contribution >= 0.6 is 0 Å². The fraction of sp³-hybridized carbons (Fsp3) is 0.672. The summed E-state index contributed by atoms with van der Waals surface area (Å²) in [6.07, 6.45) is 68.4. The molecule has 0 aromatic rings. The number of ether oxygens (including phenoxy) is 3. The number of hydrogen-bond acceptors (Lipinski definition) is 6. The van der Waals surface area contributed by atoms with Crippen LogP contribution in [-0.2, 0) is 28.6 Å². The van der Waals surface area contributed by atoms with Crippen molar-refractivity contribution in [3.8, 4) is 0 Å². The third-order valence-corrected chi connectivity index (χ3v) is 10.8. The Balaban J connectivity index is 4.49. The van der Waals surface area contributed by atoms with Crippen molar-refractivity contribution in [3.63, 3.8) is 0 Å². The molecule has 364 valence electrons. The Morgan fingerprint density at radius 2 is 0.641 bits per heavy atom. The van der Waals surface area contributed by atoms with Gasteiger partial charge in [-0.3, -0.25) is 14.4 Å². The summed E-state index contributed by atoms with van der Waals surface area (Å²) in [4.78, 5) is 37.9. The van der Waals surface area contributed by atoms with E-state index in [1.54, 1.807) is 0 Å². The predicted octanol–water partition coefficient (Wildman–Crippen LogP) is 17.4. The van der Waals surface area contributed by atoms with E-state index in [2.05, 4.69) is 106 Å². The molecule has 0 aromatic carbocycles. The summed E-state index contributed by atoms with van der Waals surface area (Å²) in [5.74, 6) is -1.03. The number of unbranched alkanes of at least 4 members (excludes halogenated alkanes) is 19. The minimum Gasteiger partial charge on any atom is -0.462 e. The van der Waals surface area contributed by atoms with Crippen LogP contribution in [0.4, 0.5) is 0 Å². The van der Waals surface area contributed by atoms with Crippen LogP contribution < -0.4 is 0 Å². The van der Waals surface area contributed by atoms with Crippen molar-refractivity contribution in [2.75, 3.05) is 13.2 Å². The molecule has 0 amide bonds. The Kier molecular flexibility index (Phi) is 49.0. The fourth-order valence-corrected chi connectivity index (χ4v) is 6.93. The van der Waals surface area contributed by atoms with Gasteiger partial charge in [0.05, 0.1) is 0 Å². The third kappa shape index (κ3) is 49.3. The highest BCUT2D eigenvalue weighted by molar-refractivity contribution is 5.71. The predicted molar refractivity (Wildman–Crippen MR) is 274 cm³/mol. The second kappa shape index (κ2) is 52.0. The van der Waals surface area contributed by atoms with Crippen molar-refractivity contribution in [1.29, 1.82) is 0 Å². The van der Waals surface area contributed by atoms with Crippen molar-refractivity contribution < 1.29 is 28.6 Å². The monoisotopic (exact) mass is 889 g/mol. The van der Waals surface area contributed by atoms with E-state index in [9.17, 15) is 14.4 Å². The van der Waals surface area contributed by atoms with Crippen molar-refractivity contribution in [2.24, 2.45) is 0 Å². The SMILES string of the molecule is CC/C=C\C/C=C\C/C=C\C/C=C\C/C=C\CCC(=O)OC(COC(=O)CCCCCCC/C=C\C/C=C\CC)COC(=O)CCCCCCC/C=C\CCCCCCCCCCC. The van der Waals surface area contributed by atoms with Crippen LogP contribution in [0.3, 0.4) is 0 Å². The maximum Gasteiger partial charge on any atom is 0.306 e. The van der Waals surface area contributed by atoms with Crippen LogP contribution in [0.1, 0.15) is 233 Å². The molecule has 6 heteroatoms. The van der Waals surface area contributed by atoms with Crippen LogP contribution in [0.15, 0.2) is 97.2 Å². The Hall–Kier alpha value is -3.67. The van der Waals surface area contributed by atoms with E-state index in [0.29, 0.717) is 19.3 Å². The smallest absolute Gasteiger partial charge is 0.306 e. The van der Waals surface area contributed by atoms with Crippen molar-refractivity contribution >= 4 is 17.9 Å². The third-order valence-electron chi connectivity index (χ3n) is 10.8. The second-order valence-corrected chi connectivity index (χ2v) is 17.0. The van der Waals surface area contributed by atoms with Crippen LogP contribution in [0.5, 0.6) is 0 Å². The summed E-state index contributed by atoms with van der Waals surface area (Å²) in [6.45, 7) is 6.33. The van der Waals surface area contributed by atoms with Gasteiger partial charge in [0.1, 0.15) is 13.2 Å². The van der Waals surface area contributed by atoms with Crippen LogP contribution in [0, 0.1) is 0 Å². The largest absolute Gasteiger partial charge is 0.462 e. The normalized spacial score (nSPS) is 12.9. The average Bonchev–Trinajstić information content (AvgIpc) is 3.29. The molecular formula is C58H96O6. The molecule has 6 nitrogen and oxygen atoms in total. The number of hydrogen-bond donors (Lipinski definition) is 0. The zero-order valence-electron chi connectivity index (χ0n) is 41.5. The summed E-state index contributed by atoms with van der Waals surface area (Å²) in [7, 11) is 0. The molecule has 0 fully saturated rings. The molecule has 0 bridgehead atoms. The molecule has 0 N–H and O–H groups in total. The van der Waals surface area contributed by atoms with E-state index in [1.807, 2.05) is 12.2 Å². The van der Waals surface area contributed by atoms with Gasteiger partial charge < -0.3 is 14.2 Å². The van der Waals surface area contributed by atoms with Crippen molar-refractivity contribution in [1.82, 2.24) is 0 Å². The summed E-state index contributed by atoms with van der Waals surface area (Å²) < 4.78 is 16.7. The lowest BCUT2D eigenvalue weighted by molar-refractivity contribution is -0.166. The molecular weight excluding hydrogens is 793 g/mol. The molecule has 0 radical (unpaired) electrons. The first-order chi connectivity index (χ1) is 31.5. The highest BCUT2D eigenvalue weighted by Gasteiger charge is 2.19. The molecule has 0 aromatic heterocycles. The zero-order chi connectivity index (χ0) is 46.5. The number of carbonyl (C=O) groups is 3. The number of rotatable bonds is 46. The first kappa shape index (κ1) is 60.3. The van der Waals surface area contributed by atoms with Gasteiger partial charge in [-0.05, 0) is 103 Å². The summed E-state index contributed by atoms with van der Waals surface area (Å²) in [5.41, 5.74) is 0. The second-order valence-electron chi connectivity index (χ2n) is 17.0. The molecule has 0 saturated heterocycles. The zero-order valence-corrected chi connectivity index (χ0v) is 41.5. The van der Waals surface area contributed by atoms with Gasteiger partial charge in [0, 0.05) is 19.3 Å². The van der Waals surface area contributed by atoms with Crippen LogP contribution in [-0.4, -0.2) is 37.2 Å². The summed E-state index contributed by atoms with van der Waals surface area (Å²) in [5, 5.41) is 0. The lowest BCUT2D eigenvalue weighted by Gasteiger charge is -2.18. The maximum atomic E-state index is 12.8. The van der Waals surface area contributed by atoms with Gasteiger partial charge in [-0.15, -0.1) is 0 Å². The lowest BCUT2D eigenvalue weighted by atomic mass is 10.1. The molecule has 64 heavy (non-hydrogen) atoms. The van der Waals surface area contributed by atoms with E-state index in [0.717, 1.165) is 116 Å². The Bertz CT molecular complexity index is 1300. The maximum absolute atomic E-state index is 12.8. The van der Waals surface area contributed by atoms with Gasteiger partial charge in [-0.25, -0.2) is 0 Å². The van der Waals surface area contributed by atoms with E-state index >= 15 is 0 Å². The van der Waals surface area contributed by atoms with E-state index in [-0.39, 0.29) is 31.6 Å². The van der Waals surface area contributed by atoms with Gasteiger partial charge in [0.25, 0.3) is 0 Å². The molecule has 0 aliphatic rings. The van der Waals surface area contributed by atoms with Crippen LogP contribution in [0.25, 0.3) is 0 Å². The highest BCUT2D eigenvalue weighted by atomic mass is 16.6. The minimum atomic E-state index is -0.826. The van der Waals surface area contributed by atoms with Gasteiger partial charge in [0.15, 0.2) is 6.10 Å². The van der Waals surface area contributed by atoms with Gasteiger partial charge in [-0.1, -0.05) is 208 Å². The molecule has 1 unspecified atom stereocenters. The average molecular weight is 889 g/mol. The van der Waals surface area contributed by atoms with Gasteiger partial charge in [-0.2, -0.15) is 0 Å². The number of allylic oxidation sites excluding steroid dienone is 16. The van der Waals surface area contributed by atoms with Gasteiger partial charge in [0.2, 0.25) is 0 Å². The molecule has 0 saturated carbocycles. The molecule has 0 rings (SSSR count).